The standard InChI is InChI=1S/C19H29NO4/c1-12-5-2-3-8-16(12)20-17(21)11-24-19(23)15-9-13-6-4-7-14(10-15)18(13)22/h12-16H,2-11H2,1H3,(H,20,21)/t12-,13-,14+,15?,16+/m1/s1. The van der Waals surface area contributed by atoms with E-state index in [1.807, 2.05) is 0 Å². The highest BCUT2D eigenvalue weighted by Crippen LogP contribution is 2.40. The predicted octanol–water partition coefficient (Wildman–Crippen LogP) is 2.62. The first-order chi connectivity index (χ1) is 11.5. The normalized spacial score (nSPS) is 36.0. The fourth-order valence-corrected chi connectivity index (χ4v) is 4.71. The van der Waals surface area contributed by atoms with Crippen molar-refractivity contribution in [1.82, 2.24) is 5.32 Å². The number of rotatable bonds is 4. The second-order valence-corrected chi connectivity index (χ2v) is 7.94. The van der Waals surface area contributed by atoms with Crippen molar-refractivity contribution in [3.05, 3.63) is 0 Å². The lowest BCUT2D eigenvalue weighted by atomic mass is 9.67. The van der Waals surface area contributed by atoms with E-state index in [9.17, 15) is 14.4 Å². The van der Waals surface area contributed by atoms with Crippen LogP contribution < -0.4 is 5.32 Å². The van der Waals surface area contributed by atoms with E-state index < -0.39 is 0 Å². The van der Waals surface area contributed by atoms with E-state index >= 15 is 0 Å². The molecule has 0 aromatic heterocycles. The maximum atomic E-state index is 12.3. The molecule has 0 saturated heterocycles. The van der Waals surface area contributed by atoms with Crippen molar-refractivity contribution >= 4 is 17.7 Å². The summed E-state index contributed by atoms with van der Waals surface area (Å²) in [5, 5.41) is 3.00. The van der Waals surface area contributed by atoms with Crippen LogP contribution in [-0.4, -0.2) is 30.3 Å². The zero-order valence-electron chi connectivity index (χ0n) is 14.6. The molecule has 0 aromatic carbocycles. The molecular formula is C19H29NO4. The fourth-order valence-electron chi connectivity index (χ4n) is 4.71. The smallest absolute Gasteiger partial charge is 0.309 e. The number of esters is 1. The molecule has 0 aromatic rings. The quantitative estimate of drug-likeness (QED) is 0.802. The monoisotopic (exact) mass is 335 g/mol. The van der Waals surface area contributed by atoms with Crippen molar-refractivity contribution < 1.29 is 19.1 Å². The molecule has 0 radical (unpaired) electrons. The number of amides is 1. The highest BCUT2D eigenvalue weighted by molar-refractivity contribution is 5.88. The molecule has 5 heteroatoms. The van der Waals surface area contributed by atoms with Gasteiger partial charge in [0.15, 0.2) is 6.61 Å². The Balaban J connectivity index is 1.43. The minimum atomic E-state index is -0.300. The number of hydrogen-bond acceptors (Lipinski definition) is 4. The third-order valence-electron chi connectivity index (χ3n) is 6.18. The topological polar surface area (TPSA) is 72.5 Å². The van der Waals surface area contributed by atoms with Crippen LogP contribution in [0.2, 0.25) is 0 Å². The molecule has 0 heterocycles. The number of carbonyl (C=O) groups excluding carboxylic acids is 3. The summed E-state index contributed by atoms with van der Waals surface area (Å²) in [6, 6.07) is 0.205. The third kappa shape index (κ3) is 3.98. The Morgan fingerprint density at radius 1 is 1.04 bits per heavy atom. The van der Waals surface area contributed by atoms with E-state index in [1.54, 1.807) is 0 Å². The van der Waals surface area contributed by atoms with Gasteiger partial charge in [-0.3, -0.25) is 14.4 Å². The van der Waals surface area contributed by atoms with Crippen LogP contribution in [0.25, 0.3) is 0 Å². The molecule has 0 aliphatic heterocycles. The van der Waals surface area contributed by atoms with Gasteiger partial charge in [-0.05, 0) is 44.4 Å². The summed E-state index contributed by atoms with van der Waals surface area (Å²) < 4.78 is 5.26. The molecule has 3 aliphatic rings. The van der Waals surface area contributed by atoms with Crippen LogP contribution in [0.4, 0.5) is 0 Å². The summed E-state index contributed by atoms with van der Waals surface area (Å²) in [4.78, 5) is 36.4. The Hall–Kier alpha value is -1.39. The Morgan fingerprint density at radius 3 is 2.38 bits per heavy atom. The van der Waals surface area contributed by atoms with E-state index in [0.717, 1.165) is 38.5 Å². The second-order valence-electron chi connectivity index (χ2n) is 7.94. The molecule has 3 rings (SSSR count). The maximum absolute atomic E-state index is 12.3. The molecule has 3 fully saturated rings. The molecule has 5 nitrogen and oxygen atoms in total. The number of Topliss-reactive ketones (excluding diaryl/α,β-unsaturated/α-hetero) is 1. The lowest BCUT2D eigenvalue weighted by Gasteiger charge is -2.36. The lowest BCUT2D eigenvalue weighted by Crippen LogP contribution is -2.44. The van der Waals surface area contributed by atoms with Gasteiger partial charge in [-0.1, -0.05) is 26.2 Å². The first kappa shape index (κ1) is 17.4. The minimum Gasteiger partial charge on any atom is -0.455 e. The highest BCUT2D eigenvalue weighted by Gasteiger charge is 2.41. The van der Waals surface area contributed by atoms with Crippen molar-refractivity contribution in [3.63, 3.8) is 0 Å². The van der Waals surface area contributed by atoms with E-state index in [-0.39, 0.29) is 42.3 Å². The molecule has 3 saturated carbocycles. The summed E-state index contributed by atoms with van der Waals surface area (Å²) in [6.07, 6.45) is 8.63. The van der Waals surface area contributed by atoms with E-state index in [0.29, 0.717) is 24.5 Å². The second kappa shape index (κ2) is 7.66. The van der Waals surface area contributed by atoms with Gasteiger partial charge in [0.05, 0.1) is 5.92 Å². The number of ketones is 1. The Kier molecular flexibility index (Phi) is 5.57. The van der Waals surface area contributed by atoms with Crippen molar-refractivity contribution in [2.75, 3.05) is 6.61 Å². The van der Waals surface area contributed by atoms with Gasteiger partial charge in [0.1, 0.15) is 5.78 Å². The zero-order chi connectivity index (χ0) is 17.1. The van der Waals surface area contributed by atoms with Crippen LogP contribution in [0, 0.1) is 23.7 Å². The summed E-state index contributed by atoms with van der Waals surface area (Å²) in [6.45, 7) is 1.97. The maximum Gasteiger partial charge on any atom is 0.309 e. The van der Waals surface area contributed by atoms with Gasteiger partial charge in [0.2, 0.25) is 0 Å². The molecule has 3 aliphatic carbocycles. The van der Waals surface area contributed by atoms with Crippen LogP contribution in [0.3, 0.4) is 0 Å². The SMILES string of the molecule is C[C@@H]1CCCC[C@@H]1NC(=O)COC(=O)C1C[C@H]2CCC[C@@H](C1)C2=O. The first-order valence-electron chi connectivity index (χ1n) is 9.54. The number of ether oxygens (including phenoxy) is 1. The van der Waals surface area contributed by atoms with Gasteiger partial charge < -0.3 is 10.1 Å². The fraction of sp³-hybridized carbons (Fsp3) is 0.842. The molecule has 1 N–H and O–H groups in total. The average molecular weight is 335 g/mol. The van der Waals surface area contributed by atoms with Gasteiger partial charge in [-0.25, -0.2) is 0 Å². The van der Waals surface area contributed by atoms with Gasteiger partial charge in [0, 0.05) is 17.9 Å². The third-order valence-corrected chi connectivity index (χ3v) is 6.18. The van der Waals surface area contributed by atoms with Crippen LogP contribution in [0.5, 0.6) is 0 Å². The predicted molar refractivity (Wildman–Crippen MR) is 89.1 cm³/mol. The Labute approximate surface area is 143 Å². The number of fused-ring (bicyclic) bond motifs is 2. The molecule has 1 unspecified atom stereocenters. The van der Waals surface area contributed by atoms with E-state index in [4.69, 9.17) is 4.74 Å². The average Bonchev–Trinajstić information content (AvgIpc) is 2.54. The van der Waals surface area contributed by atoms with E-state index in [1.165, 1.54) is 6.42 Å². The molecule has 2 bridgehead atoms. The highest BCUT2D eigenvalue weighted by atomic mass is 16.5. The lowest BCUT2D eigenvalue weighted by molar-refractivity contribution is -0.157. The van der Waals surface area contributed by atoms with Crippen LogP contribution in [0.1, 0.15) is 64.7 Å². The van der Waals surface area contributed by atoms with Crippen molar-refractivity contribution in [3.8, 4) is 0 Å². The van der Waals surface area contributed by atoms with Gasteiger partial charge >= 0.3 is 5.97 Å². The molecular weight excluding hydrogens is 306 g/mol. The first-order valence-corrected chi connectivity index (χ1v) is 9.54. The van der Waals surface area contributed by atoms with E-state index in [2.05, 4.69) is 12.2 Å². The number of carbonyl (C=O) groups is 3. The van der Waals surface area contributed by atoms with Gasteiger partial charge in [0.25, 0.3) is 5.91 Å². The van der Waals surface area contributed by atoms with Gasteiger partial charge in [-0.15, -0.1) is 0 Å². The minimum absolute atomic E-state index is 0.0342. The zero-order valence-corrected chi connectivity index (χ0v) is 14.6. The Bertz CT molecular complexity index is 488. The summed E-state index contributed by atoms with van der Waals surface area (Å²) in [5.74, 6) is 0.190. The number of hydrogen-bond donors (Lipinski definition) is 1. The van der Waals surface area contributed by atoms with Crippen LogP contribution in [0.15, 0.2) is 0 Å². The van der Waals surface area contributed by atoms with Crippen molar-refractivity contribution in [1.29, 1.82) is 0 Å². The van der Waals surface area contributed by atoms with Gasteiger partial charge in [-0.2, -0.15) is 0 Å². The summed E-state index contributed by atoms with van der Waals surface area (Å²) >= 11 is 0. The number of nitrogens with one attached hydrogen (secondary N) is 1. The van der Waals surface area contributed by atoms with Crippen LogP contribution in [-0.2, 0) is 19.1 Å². The largest absolute Gasteiger partial charge is 0.455 e. The molecule has 134 valence electrons. The Morgan fingerprint density at radius 2 is 1.71 bits per heavy atom. The van der Waals surface area contributed by atoms with Crippen molar-refractivity contribution in [2.45, 2.75) is 70.8 Å². The molecule has 5 atom stereocenters. The molecule has 1 amide bonds. The summed E-state index contributed by atoms with van der Waals surface area (Å²) in [7, 11) is 0. The van der Waals surface area contributed by atoms with Crippen LogP contribution >= 0.6 is 0 Å². The molecule has 24 heavy (non-hydrogen) atoms. The molecule has 0 spiro atoms. The summed E-state index contributed by atoms with van der Waals surface area (Å²) in [5.41, 5.74) is 0. The van der Waals surface area contributed by atoms with Crippen molar-refractivity contribution in [2.24, 2.45) is 23.7 Å².